The number of hydrogen-bond donors (Lipinski definition) is 2. The van der Waals surface area contributed by atoms with Gasteiger partial charge < -0.3 is 20.1 Å². The maximum absolute atomic E-state index is 13.1. The third kappa shape index (κ3) is 5.47. The van der Waals surface area contributed by atoms with Gasteiger partial charge in [0, 0.05) is 31.8 Å². The lowest BCUT2D eigenvalue weighted by Gasteiger charge is -2.26. The van der Waals surface area contributed by atoms with Crippen LogP contribution in [0.1, 0.15) is 39.1 Å². The maximum Gasteiger partial charge on any atom is 0.255 e. The number of hydrogen-bond acceptors (Lipinski definition) is 6. The van der Waals surface area contributed by atoms with Crippen molar-refractivity contribution in [2.24, 2.45) is 0 Å². The van der Waals surface area contributed by atoms with Gasteiger partial charge in [0.15, 0.2) is 0 Å². The third-order valence-electron chi connectivity index (χ3n) is 6.00. The number of benzene rings is 2. The van der Waals surface area contributed by atoms with Crippen molar-refractivity contribution >= 4 is 27.5 Å². The lowest BCUT2D eigenvalue weighted by atomic mass is 10.1. The standard InChI is InChI=1S/C24H29N3O6S/c1-17-8-9-19(34(30,31)27-10-13-32-14-11-27)15-21(17)24(29)26-22-7-3-2-6-20(22)23(28)25-16-18-5-4-12-33-18/h2-3,6-9,15,18H,4-5,10-14,16H2,1H3,(H,25,28)(H,26,29). The van der Waals surface area contributed by atoms with E-state index in [4.69, 9.17) is 9.47 Å². The van der Waals surface area contributed by atoms with Crippen molar-refractivity contribution in [1.82, 2.24) is 9.62 Å². The number of nitrogens with one attached hydrogen (secondary N) is 2. The van der Waals surface area contributed by atoms with Crippen LogP contribution in [-0.4, -0.2) is 70.1 Å². The van der Waals surface area contributed by atoms with Crippen LogP contribution in [0.3, 0.4) is 0 Å². The van der Waals surface area contributed by atoms with Gasteiger partial charge in [-0.05, 0) is 49.6 Å². The summed E-state index contributed by atoms with van der Waals surface area (Å²) in [5.41, 5.74) is 1.52. The molecule has 34 heavy (non-hydrogen) atoms. The minimum atomic E-state index is -3.75. The summed E-state index contributed by atoms with van der Waals surface area (Å²) >= 11 is 0. The Balaban J connectivity index is 1.52. The zero-order chi connectivity index (χ0) is 24.1. The Labute approximate surface area is 199 Å². The first-order chi connectivity index (χ1) is 16.4. The molecule has 0 radical (unpaired) electrons. The summed E-state index contributed by atoms with van der Waals surface area (Å²) in [6, 6.07) is 11.2. The third-order valence-corrected chi connectivity index (χ3v) is 7.89. The van der Waals surface area contributed by atoms with Crippen molar-refractivity contribution in [2.45, 2.75) is 30.8 Å². The summed E-state index contributed by atoms with van der Waals surface area (Å²) < 4.78 is 38.2. The Morgan fingerprint density at radius 2 is 1.79 bits per heavy atom. The number of nitrogens with zero attached hydrogens (tertiary/aromatic N) is 1. The monoisotopic (exact) mass is 487 g/mol. The van der Waals surface area contributed by atoms with E-state index in [1.54, 1.807) is 37.3 Å². The highest BCUT2D eigenvalue weighted by Crippen LogP contribution is 2.23. The van der Waals surface area contributed by atoms with Crippen LogP contribution in [0, 0.1) is 6.92 Å². The SMILES string of the molecule is Cc1ccc(S(=O)(=O)N2CCOCC2)cc1C(=O)Nc1ccccc1C(=O)NCC1CCCO1. The Kier molecular flexibility index (Phi) is 7.62. The largest absolute Gasteiger partial charge is 0.379 e. The first-order valence-corrected chi connectivity index (χ1v) is 12.8. The molecule has 0 saturated carbocycles. The van der Waals surface area contributed by atoms with E-state index in [2.05, 4.69) is 10.6 Å². The molecule has 1 atom stereocenters. The van der Waals surface area contributed by atoms with Gasteiger partial charge in [0.05, 0.1) is 35.5 Å². The zero-order valence-corrected chi connectivity index (χ0v) is 19.9. The summed E-state index contributed by atoms with van der Waals surface area (Å²) in [6.07, 6.45) is 1.89. The highest BCUT2D eigenvalue weighted by Gasteiger charge is 2.27. The topological polar surface area (TPSA) is 114 Å². The fraction of sp³-hybridized carbons (Fsp3) is 0.417. The van der Waals surface area contributed by atoms with Gasteiger partial charge in [0.2, 0.25) is 10.0 Å². The van der Waals surface area contributed by atoms with E-state index < -0.39 is 15.9 Å². The van der Waals surface area contributed by atoms with E-state index >= 15 is 0 Å². The summed E-state index contributed by atoms with van der Waals surface area (Å²) in [6.45, 7) is 4.06. The van der Waals surface area contributed by atoms with E-state index in [0.717, 1.165) is 12.8 Å². The molecule has 0 spiro atoms. The van der Waals surface area contributed by atoms with Gasteiger partial charge in [-0.25, -0.2) is 8.42 Å². The first-order valence-electron chi connectivity index (χ1n) is 11.3. The molecule has 9 nitrogen and oxygen atoms in total. The molecular weight excluding hydrogens is 458 g/mol. The van der Waals surface area contributed by atoms with Gasteiger partial charge in [0.1, 0.15) is 0 Å². The Hall–Kier alpha value is -2.79. The normalized spacial score (nSPS) is 19.0. The molecule has 0 bridgehead atoms. The van der Waals surface area contributed by atoms with Crippen molar-refractivity contribution < 1.29 is 27.5 Å². The van der Waals surface area contributed by atoms with Crippen molar-refractivity contribution in [3.63, 3.8) is 0 Å². The summed E-state index contributed by atoms with van der Waals surface area (Å²) in [4.78, 5) is 25.9. The van der Waals surface area contributed by atoms with Crippen LogP contribution in [0.15, 0.2) is 47.4 Å². The van der Waals surface area contributed by atoms with Crippen LogP contribution in [0.2, 0.25) is 0 Å². The molecule has 2 amide bonds. The molecule has 4 rings (SSSR count). The van der Waals surface area contributed by atoms with Crippen molar-refractivity contribution in [2.75, 3.05) is 44.8 Å². The van der Waals surface area contributed by atoms with Gasteiger partial charge in [-0.1, -0.05) is 18.2 Å². The summed E-state index contributed by atoms with van der Waals surface area (Å²) in [5.74, 6) is -0.803. The molecule has 2 heterocycles. The molecule has 2 aliphatic rings. The molecule has 182 valence electrons. The second kappa shape index (κ2) is 10.6. The lowest BCUT2D eigenvalue weighted by molar-refractivity contribution is 0.0730. The number of ether oxygens (including phenoxy) is 2. The number of morpholine rings is 1. The van der Waals surface area contributed by atoms with Gasteiger partial charge in [-0.2, -0.15) is 4.31 Å². The van der Waals surface area contributed by atoms with Gasteiger partial charge >= 0.3 is 0 Å². The minimum absolute atomic E-state index is 0.00417. The second-order valence-electron chi connectivity index (χ2n) is 8.34. The second-order valence-corrected chi connectivity index (χ2v) is 10.3. The number of sulfonamides is 1. The molecule has 2 N–H and O–H groups in total. The number of amides is 2. The van der Waals surface area contributed by atoms with Gasteiger partial charge in [-0.3, -0.25) is 9.59 Å². The van der Waals surface area contributed by atoms with E-state index in [-0.39, 0.29) is 35.6 Å². The number of aryl methyl sites for hydroxylation is 1. The fourth-order valence-electron chi connectivity index (χ4n) is 4.03. The average Bonchev–Trinajstić information content (AvgIpc) is 3.37. The molecule has 1 unspecified atom stereocenters. The molecule has 2 fully saturated rings. The maximum atomic E-state index is 13.1. The molecule has 2 aromatic rings. The Morgan fingerprint density at radius 1 is 1.03 bits per heavy atom. The smallest absolute Gasteiger partial charge is 0.255 e. The van der Waals surface area contributed by atoms with Crippen LogP contribution in [0.25, 0.3) is 0 Å². The van der Waals surface area contributed by atoms with Gasteiger partial charge in [0.25, 0.3) is 11.8 Å². The highest BCUT2D eigenvalue weighted by atomic mass is 32.2. The Bertz CT molecular complexity index is 1160. The van der Waals surface area contributed by atoms with Crippen LogP contribution < -0.4 is 10.6 Å². The van der Waals surface area contributed by atoms with Crippen LogP contribution in [0.5, 0.6) is 0 Å². The highest BCUT2D eigenvalue weighted by molar-refractivity contribution is 7.89. The van der Waals surface area contributed by atoms with E-state index in [1.807, 2.05) is 0 Å². The Morgan fingerprint density at radius 3 is 2.53 bits per heavy atom. The predicted molar refractivity (Wildman–Crippen MR) is 126 cm³/mol. The quantitative estimate of drug-likeness (QED) is 0.619. The fourth-order valence-corrected chi connectivity index (χ4v) is 5.46. The van der Waals surface area contributed by atoms with E-state index in [1.165, 1.54) is 16.4 Å². The number of anilines is 1. The molecule has 2 saturated heterocycles. The molecule has 2 aromatic carbocycles. The van der Waals surface area contributed by atoms with Crippen LogP contribution in [-0.2, 0) is 19.5 Å². The molecule has 0 aromatic heterocycles. The number of carbonyl (C=O) groups excluding carboxylic acids is 2. The van der Waals surface area contributed by atoms with E-state index in [9.17, 15) is 18.0 Å². The minimum Gasteiger partial charge on any atom is -0.379 e. The molecular formula is C24H29N3O6S. The number of para-hydroxylation sites is 1. The van der Waals surface area contributed by atoms with Crippen LogP contribution >= 0.6 is 0 Å². The lowest BCUT2D eigenvalue weighted by Crippen LogP contribution is -2.40. The van der Waals surface area contributed by atoms with Crippen molar-refractivity contribution in [3.8, 4) is 0 Å². The molecule has 10 heteroatoms. The summed E-state index contributed by atoms with van der Waals surface area (Å²) in [7, 11) is -3.75. The summed E-state index contributed by atoms with van der Waals surface area (Å²) in [5, 5.41) is 5.64. The van der Waals surface area contributed by atoms with Gasteiger partial charge in [-0.15, -0.1) is 0 Å². The molecule has 2 aliphatic heterocycles. The predicted octanol–water partition coefficient (Wildman–Crippen LogP) is 2.18. The molecule has 0 aliphatic carbocycles. The zero-order valence-electron chi connectivity index (χ0n) is 19.1. The van der Waals surface area contributed by atoms with Crippen LogP contribution in [0.4, 0.5) is 5.69 Å². The average molecular weight is 488 g/mol. The van der Waals surface area contributed by atoms with E-state index in [0.29, 0.717) is 43.2 Å². The first kappa shape index (κ1) is 24.3. The van der Waals surface area contributed by atoms with Crippen molar-refractivity contribution in [3.05, 3.63) is 59.2 Å². The van der Waals surface area contributed by atoms with Crippen molar-refractivity contribution in [1.29, 1.82) is 0 Å². The number of rotatable bonds is 7. The number of carbonyl (C=O) groups is 2.